The summed E-state index contributed by atoms with van der Waals surface area (Å²) in [6, 6.07) is 0. The van der Waals surface area contributed by atoms with Gasteiger partial charge in [-0.05, 0) is 10.8 Å². The van der Waals surface area contributed by atoms with E-state index in [0.717, 1.165) is 0 Å². The highest BCUT2D eigenvalue weighted by molar-refractivity contribution is 8.08. The molecule has 1 nitrogen and oxygen atoms in total. The zero-order valence-corrected chi connectivity index (χ0v) is 11.7. The summed E-state index contributed by atoms with van der Waals surface area (Å²) in [5.74, 6) is 0. The quantitative estimate of drug-likeness (QED) is 0.672. The van der Waals surface area contributed by atoms with Crippen molar-refractivity contribution in [2.75, 3.05) is 10.8 Å². The molecule has 2 heterocycles. The van der Waals surface area contributed by atoms with Gasteiger partial charge in [-0.1, -0.05) is 35.8 Å². The Morgan fingerprint density at radius 2 is 1.54 bits per heavy atom. The third kappa shape index (κ3) is 2.41. The normalized spacial score (nSPS) is 20.8. The van der Waals surface area contributed by atoms with Crippen molar-refractivity contribution in [2.24, 2.45) is 0 Å². The van der Waals surface area contributed by atoms with Crippen LogP contribution >= 0.6 is 46.2 Å². The molecule has 0 atom stereocenters. The number of rotatable bonds is 0. The summed E-state index contributed by atoms with van der Waals surface area (Å²) in [5.41, 5.74) is 0. The van der Waals surface area contributed by atoms with Crippen molar-refractivity contribution in [2.45, 2.75) is 21.5 Å². The Bertz CT molecular complexity index is 336. The van der Waals surface area contributed by atoms with Gasteiger partial charge in [0, 0.05) is 0 Å². The van der Waals surface area contributed by atoms with Crippen LogP contribution in [-0.2, 0) is 0 Å². The number of thioether (sulfide) groups is 2. The summed E-state index contributed by atoms with van der Waals surface area (Å²) >= 11 is 6.68. The number of fused-ring (bicyclic) bond motifs is 1. The summed E-state index contributed by atoms with van der Waals surface area (Å²) in [5, 5.41) is 2.53. The first kappa shape index (κ1) is 10.3. The SMILES string of the molecule is C[Si]1(C)CSc2sc(=O)sc2SC1. The summed E-state index contributed by atoms with van der Waals surface area (Å²) < 4.78 is 2.81. The molecular formula is C7H10OS4Si. The fourth-order valence-corrected chi connectivity index (χ4v) is 11.1. The van der Waals surface area contributed by atoms with Crippen molar-refractivity contribution >= 4 is 54.3 Å². The minimum absolute atomic E-state index is 0.256. The standard InChI is InChI=1S/C7H10OS4Si/c1-13(2)3-9-5-6(10-4-13)12-7(8)11-5/h3-4H2,1-2H3. The molecule has 6 heteroatoms. The van der Waals surface area contributed by atoms with Gasteiger partial charge >= 0.3 is 0 Å². The van der Waals surface area contributed by atoms with Crippen molar-refractivity contribution in [3.8, 4) is 0 Å². The molecule has 0 aliphatic carbocycles. The van der Waals surface area contributed by atoms with Gasteiger partial charge in [-0.2, -0.15) is 0 Å². The Morgan fingerprint density at radius 1 is 1.08 bits per heavy atom. The van der Waals surface area contributed by atoms with Crippen LogP contribution in [0.1, 0.15) is 0 Å². The summed E-state index contributed by atoms with van der Waals surface area (Å²) in [7, 11) is -0.983. The third-order valence-corrected chi connectivity index (χ3v) is 13.4. The fourth-order valence-electron chi connectivity index (χ4n) is 0.996. The smallest absolute Gasteiger partial charge is 0.265 e. The maximum atomic E-state index is 11.2. The minimum atomic E-state index is -0.983. The summed E-state index contributed by atoms with van der Waals surface area (Å²) in [6.07, 6.45) is 0. The second-order valence-electron chi connectivity index (χ2n) is 3.77. The minimum Gasteiger partial charge on any atom is -0.265 e. The van der Waals surface area contributed by atoms with E-state index in [-0.39, 0.29) is 4.06 Å². The fraction of sp³-hybridized carbons (Fsp3) is 0.571. The van der Waals surface area contributed by atoms with Gasteiger partial charge < -0.3 is 0 Å². The van der Waals surface area contributed by atoms with Crippen molar-refractivity contribution in [3.63, 3.8) is 0 Å². The van der Waals surface area contributed by atoms with E-state index in [2.05, 4.69) is 13.1 Å². The average molecular weight is 267 g/mol. The van der Waals surface area contributed by atoms with E-state index >= 15 is 0 Å². The number of hydrogen-bond donors (Lipinski definition) is 0. The van der Waals surface area contributed by atoms with E-state index in [0.29, 0.717) is 0 Å². The summed E-state index contributed by atoms with van der Waals surface area (Å²) in [4.78, 5) is 11.2. The van der Waals surface area contributed by atoms with Crippen LogP contribution in [0, 0.1) is 0 Å². The highest BCUT2D eigenvalue weighted by Gasteiger charge is 2.27. The molecule has 1 aliphatic rings. The molecule has 0 radical (unpaired) electrons. The molecule has 1 aromatic rings. The van der Waals surface area contributed by atoms with E-state index in [1.54, 1.807) is 0 Å². The molecule has 2 rings (SSSR count). The van der Waals surface area contributed by atoms with Crippen LogP contribution in [0.5, 0.6) is 0 Å². The molecule has 0 saturated carbocycles. The lowest BCUT2D eigenvalue weighted by Gasteiger charge is -2.16. The van der Waals surface area contributed by atoms with Crippen LogP contribution in [0.4, 0.5) is 0 Å². The predicted molar refractivity (Wildman–Crippen MR) is 67.4 cm³/mol. The molecule has 1 aromatic heterocycles. The van der Waals surface area contributed by atoms with Gasteiger partial charge in [0.05, 0.1) is 16.5 Å². The largest absolute Gasteiger partial charge is 0.289 e. The molecular weight excluding hydrogens is 256 g/mol. The van der Waals surface area contributed by atoms with Gasteiger partial charge in [0.1, 0.15) is 0 Å². The molecule has 0 unspecified atom stereocenters. The van der Waals surface area contributed by atoms with Gasteiger partial charge in [0.25, 0.3) is 4.06 Å². The monoisotopic (exact) mass is 266 g/mol. The van der Waals surface area contributed by atoms with Gasteiger partial charge in [-0.25, -0.2) is 0 Å². The lowest BCUT2D eigenvalue weighted by Crippen LogP contribution is -2.32. The Labute approximate surface area is 95.0 Å². The molecule has 72 valence electrons. The van der Waals surface area contributed by atoms with Crippen molar-refractivity contribution < 1.29 is 0 Å². The zero-order valence-electron chi connectivity index (χ0n) is 7.46. The van der Waals surface area contributed by atoms with Crippen molar-refractivity contribution in [3.05, 3.63) is 8.85 Å². The predicted octanol–water partition coefficient (Wildman–Crippen LogP) is 3.15. The second-order valence-corrected chi connectivity index (χ2v) is 14.5. The van der Waals surface area contributed by atoms with Gasteiger partial charge in [-0.15, -0.1) is 23.5 Å². The Balaban J connectivity index is 2.29. The van der Waals surface area contributed by atoms with Crippen LogP contribution in [0.15, 0.2) is 13.2 Å². The first-order valence-corrected chi connectivity index (χ1v) is 11.0. The Hall–Kier alpha value is 0.767. The molecule has 1 aliphatic heterocycles. The topological polar surface area (TPSA) is 17.1 Å². The van der Waals surface area contributed by atoms with Gasteiger partial charge in [-0.3, -0.25) is 4.79 Å². The van der Waals surface area contributed by atoms with E-state index < -0.39 is 8.07 Å². The molecule has 0 fully saturated rings. The van der Waals surface area contributed by atoms with Crippen LogP contribution in [0.2, 0.25) is 13.1 Å². The second kappa shape index (κ2) is 3.73. The highest BCUT2D eigenvalue weighted by atomic mass is 32.2. The molecule has 0 spiro atoms. The van der Waals surface area contributed by atoms with Crippen molar-refractivity contribution in [1.82, 2.24) is 0 Å². The molecule has 0 N–H and O–H groups in total. The molecule has 0 amide bonds. The van der Waals surface area contributed by atoms with E-state index in [9.17, 15) is 4.79 Å². The lowest BCUT2D eigenvalue weighted by atomic mass is 11.1. The van der Waals surface area contributed by atoms with Crippen LogP contribution in [0.25, 0.3) is 0 Å². The van der Waals surface area contributed by atoms with Crippen LogP contribution in [0.3, 0.4) is 0 Å². The van der Waals surface area contributed by atoms with Gasteiger partial charge in [0.2, 0.25) is 0 Å². The lowest BCUT2D eigenvalue weighted by molar-refractivity contribution is 1.54. The maximum Gasteiger partial charge on any atom is 0.289 e. The number of hydrogen-bond acceptors (Lipinski definition) is 5. The summed E-state index contributed by atoms with van der Waals surface area (Å²) in [6.45, 7) is 4.85. The maximum absolute atomic E-state index is 11.2. The zero-order chi connectivity index (χ0) is 9.47. The molecule has 13 heavy (non-hydrogen) atoms. The third-order valence-electron chi connectivity index (χ3n) is 1.71. The Morgan fingerprint density at radius 3 is 2.00 bits per heavy atom. The first-order chi connectivity index (χ1) is 6.07. The molecule has 0 bridgehead atoms. The van der Waals surface area contributed by atoms with Gasteiger partial charge in [0.15, 0.2) is 0 Å². The van der Waals surface area contributed by atoms with Crippen LogP contribution < -0.4 is 4.06 Å². The van der Waals surface area contributed by atoms with E-state index in [1.165, 1.54) is 41.8 Å². The molecule has 0 saturated heterocycles. The Kier molecular flexibility index (Phi) is 2.95. The highest BCUT2D eigenvalue weighted by Crippen LogP contribution is 2.41. The van der Waals surface area contributed by atoms with Crippen LogP contribution in [-0.4, -0.2) is 18.8 Å². The average Bonchev–Trinajstić information content (AvgIpc) is 2.34. The van der Waals surface area contributed by atoms with Crippen molar-refractivity contribution in [1.29, 1.82) is 0 Å². The molecule has 0 aromatic carbocycles. The van der Waals surface area contributed by atoms with E-state index in [1.807, 2.05) is 23.5 Å². The van der Waals surface area contributed by atoms with E-state index in [4.69, 9.17) is 0 Å². The first-order valence-electron chi connectivity index (χ1n) is 3.96.